The Morgan fingerprint density at radius 1 is 0.737 bits per heavy atom. The van der Waals surface area contributed by atoms with Crippen molar-refractivity contribution in [3.63, 3.8) is 0 Å². The Balaban J connectivity index is 1.83. The van der Waals surface area contributed by atoms with E-state index in [4.69, 9.17) is 9.84 Å². The van der Waals surface area contributed by atoms with Crippen LogP contribution in [-0.2, 0) is 22.4 Å². The molecule has 2 aliphatic rings. The van der Waals surface area contributed by atoms with Gasteiger partial charge in [-0.2, -0.15) is 0 Å². The predicted octanol–water partition coefficient (Wildman–Crippen LogP) is 8.27. The second kappa shape index (κ2) is 13.8. The SMILES string of the molecule is COc1cc(CCCC(=O)O)cc(-c2cc(CCCC(=O)O)ccc2C2CCCCC2)c1C1CCCCC1. The van der Waals surface area contributed by atoms with E-state index in [2.05, 4.69) is 30.3 Å². The Morgan fingerprint density at radius 2 is 1.29 bits per heavy atom. The molecule has 2 saturated carbocycles. The summed E-state index contributed by atoms with van der Waals surface area (Å²) >= 11 is 0. The molecule has 0 amide bonds. The zero-order valence-electron chi connectivity index (χ0n) is 23.0. The van der Waals surface area contributed by atoms with Crippen molar-refractivity contribution in [2.24, 2.45) is 0 Å². The first-order valence-corrected chi connectivity index (χ1v) is 14.7. The predicted molar refractivity (Wildman–Crippen MR) is 151 cm³/mol. The molecule has 5 nitrogen and oxygen atoms in total. The van der Waals surface area contributed by atoms with Crippen molar-refractivity contribution >= 4 is 11.9 Å². The lowest BCUT2D eigenvalue weighted by atomic mass is 9.75. The van der Waals surface area contributed by atoms with Gasteiger partial charge in [-0.05, 0) is 97.1 Å². The van der Waals surface area contributed by atoms with Crippen LogP contribution in [0.15, 0.2) is 30.3 Å². The van der Waals surface area contributed by atoms with E-state index >= 15 is 0 Å². The molecule has 2 aliphatic carbocycles. The number of hydrogen-bond donors (Lipinski definition) is 2. The van der Waals surface area contributed by atoms with E-state index in [9.17, 15) is 14.7 Å². The minimum absolute atomic E-state index is 0.161. The molecule has 0 bridgehead atoms. The third-order valence-electron chi connectivity index (χ3n) is 8.60. The summed E-state index contributed by atoms with van der Waals surface area (Å²) in [5.74, 6) is 0.419. The van der Waals surface area contributed by atoms with Gasteiger partial charge in [0.2, 0.25) is 0 Å². The highest BCUT2D eigenvalue weighted by Crippen LogP contribution is 2.47. The zero-order valence-corrected chi connectivity index (χ0v) is 23.0. The third kappa shape index (κ3) is 7.39. The van der Waals surface area contributed by atoms with Gasteiger partial charge in [0, 0.05) is 18.4 Å². The molecule has 2 aromatic rings. The Labute approximate surface area is 227 Å². The first-order chi connectivity index (χ1) is 18.5. The molecule has 0 unspecified atom stereocenters. The standard InChI is InChI=1S/C33H44O5/c1-38-30-22-24(11-9-17-32(36)37)21-29(33(30)26-14-6-3-7-15-26)28-20-23(10-8-16-31(34)35)18-19-27(28)25-12-4-2-5-13-25/h18-22,25-26H,2-17H2,1H3,(H,34,35)(H,36,37). The van der Waals surface area contributed by atoms with E-state index in [1.807, 2.05) is 0 Å². The maximum absolute atomic E-state index is 11.2. The molecule has 0 atom stereocenters. The number of hydrogen-bond acceptors (Lipinski definition) is 3. The maximum Gasteiger partial charge on any atom is 0.303 e. The van der Waals surface area contributed by atoms with Crippen LogP contribution in [0.2, 0.25) is 0 Å². The fraction of sp³-hybridized carbons (Fsp3) is 0.576. The number of carboxylic acid groups (broad SMARTS) is 2. The first-order valence-electron chi connectivity index (χ1n) is 14.7. The number of ether oxygens (including phenoxy) is 1. The molecule has 0 heterocycles. The number of aliphatic carboxylic acids is 2. The van der Waals surface area contributed by atoms with Crippen LogP contribution in [-0.4, -0.2) is 29.3 Å². The number of carbonyl (C=O) groups is 2. The Bertz CT molecular complexity index is 1090. The summed E-state index contributed by atoms with van der Waals surface area (Å²) in [6, 6.07) is 11.3. The van der Waals surface area contributed by atoms with Crippen molar-refractivity contribution in [1.29, 1.82) is 0 Å². The van der Waals surface area contributed by atoms with Crippen LogP contribution in [0.5, 0.6) is 5.75 Å². The minimum Gasteiger partial charge on any atom is -0.496 e. The lowest BCUT2D eigenvalue weighted by Crippen LogP contribution is -2.11. The molecule has 2 fully saturated rings. The van der Waals surface area contributed by atoms with E-state index in [-0.39, 0.29) is 12.8 Å². The van der Waals surface area contributed by atoms with Crippen LogP contribution < -0.4 is 4.74 Å². The third-order valence-corrected chi connectivity index (χ3v) is 8.60. The van der Waals surface area contributed by atoms with Gasteiger partial charge in [-0.1, -0.05) is 62.8 Å². The van der Waals surface area contributed by atoms with Crippen LogP contribution in [0.1, 0.15) is 124 Å². The molecule has 0 saturated heterocycles. The topological polar surface area (TPSA) is 83.8 Å². The van der Waals surface area contributed by atoms with E-state index < -0.39 is 11.9 Å². The molecule has 2 N–H and O–H groups in total. The largest absolute Gasteiger partial charge is 0.496 e. The van der Waals surface area contributed by atoms with Gasteiger partial charge in [-0.25, -0.2) is 0 Å². The molecule has 206 valence electrons. The number of carboxylic acids is 2. The summed E-state index contributed by atoms with van der Waals surface area (Å²) in [4.78, 5) is 22.3. The van der Waals surface area contributed by atoms with Crippen molar-refractivity contribution in [3.8, 4) is 16.9 Å². The molecule has 5 heteroatoms. The van der Waals surface area contributed by atoms with Crippen molar-refractivity contribution in [2.75, 3.05) is 7.11 Å². The summed E-state index contributed by atoms with van der Waals surface area (Å²) in [6.45, 7) is 0. The van der Waals surface area contributed by atoms with Gasteiger partial charge in [-0.15, -0.1) is 0 Å². The zero-order chi connectivity index (χ0) is 26.9. The summed E-state index contributed by atoms with van der Waals surface area (Å²) < 4.78 is 6.05. The van der Waals surface area contributed by atoms with Crippen LogP contribution in [0.25, 0.3) is 11.1 Å². The molecule has 0 spiro atoms. The number of benzene rings is 2. The number of aryl methyl sites for hydroxylation is 2. The van der Waals surface area contributed by atoms with Gasteiger partial charge in [0.15, 0.2) is 0 Å². The fourth-order valence-corrected chi connectivity index (χ4v) is 6.68. The summed E-state index contributed by atoms with van der Waals surface area (Å²) in [5, 5.41) is 18.4. The molecule has 0 aliphatic heterocycles. The molecule has 38 heavy (non-hydrogen) atoms. The number of methoxy groups -OCH3 is 1. The molecule has 0 aromatic heterocycles. The average Bonchev–Trinajstić information content (AvgIpc) is 2.93. The van der Waals surface area contributed by atoms with Gasteiger partial charge in [0.25, 0.3) is 0 Å². The van der Waals surface area contributed by atoms with Crippen molar-refractivity contribution in [2.45, 2.75) is 115 Å². The monoisotopic (exact) mass is 520 g/mol. The van der Waals surface area contributed by atoms with Gasteiger partial charge >= 0.3 is 11.9 Å². The smallest absolute Gasteiger partial charge is 0.303 e. The Morgan fingerprint density at radius 3 is 1.87 bits per heavy atom. The van der Waals surface area contributed by atoms with E-state index in [0.717, 1.165) is 17.7 Å². The molecule has 2 aromatic carbocycles. The van der Waals surface area contributed by atoms with E-state index in [0.29, 0.717) is 31.1 Å². The van der Waals surface area contributed by atoms with Crippen LogP contribution >= 0.6 is 0 Å². The normalized spacial score (nSPS) is 16.9. The van der Waals surface area contributed by atoms with Crippen LogP contribution in [0.4, 0.5) is 0 Å². The van der Waals surface area contributed by atoms with Crippen LogP contribution in [0.3, 0.4) is 0 Å². The second-order valence-corrected chi connectivity index (χ2v) is 11.3. The highest BCUT2D eigenvalue weighted by Gasteiger charge is 2.27. The molecular formula is C33H44O5. The maximum atomic E-state index is 11.2. The first kappa shape index (κ1) is 28.2. The average molecular weight is 521 g/mol. The number of rotatable bonds is 12. The molecular weight excluding hydrogens is 476 g/mol. The van der Waals surface area contributed by atoms with Gasteiger partial charge in [-0.3, -0.25) is 9.59 Å². The van der Waals surface area contributed by atoms with E-state index in [1.165, 1.54) is 92.0 Å². The fourth-order valence-electron chi connectivity index (χ4n) is 6.68. The van der Waals surface area contributed by atoms with Gasteiger partial charge in [0.1, 0.15) is 5.75 Å². The highest BCUT2D eigenvalue weighted by molar-refractivity contribution is 5.76. The highest BCUT2D eigenvalue weighted by atomic mass is 16.5. The van der Waals surface area contributed by atoms with E-state index in [1.54, 1.807) is 7.11 Å². The van der Waals surface area contributed by atoms with Crippen LogP contribution in [0, 0.1) is 0 Å². The van der Waals surface area contributed by atoms with Gasteiger partial charge < -0.3 is 14.9 Å². The lowest BCUT2D eigenvalue weighted by Gasteiger charge is -2.30. The van der Waals surface area contributed by atoms with Crippen molar-refractivity contribution in [3.05, 3.63) is 52.6 Å². The summed E-state index contributed by atoms with van der Waals surface area (Å²) in [6.07, 6.45) is 15.4. The Hall–Kier alpha value is -2.82. The summed E-state index contributed by atoms with van der Waals surface area (Å²) in [7, 11) is 1.76. The second-order valence-electron chi connectivity index (χ2n) is 11.3. The molecule has 0 radical (unpaired) electrons. The van der Waals surface area contributed by atoms with Crippen molar-refractivity contribution in [1.82, 2.24) is 0 Å². The van der Waals surface area contributed by atoms with Gasteiger partial charge in [0.05, 0.1) is 7.11 Å². The quantitative estimate of drug-likeness (QED) is 0.294. The summed E-state index contributed by atoms with van der Waals surface area (Å²) in [5.41, 5.74) is 7.57. The molecule has 4 rings (SSSR count). The minimum atomic E-state index is -0.760. The lowest BCUT2D eigenvalue weighted by molar-refractivity contribution is -0.138. The van der Waals surface area contributed by atoms with Crippen molar-refractivity contribution < 1.29 is 24.5 Å². The Kier molecular flexibility index (Phi) is 10.3.